The number of ether oxygens (including phenoxy) is 1. The molecule has 2 nitrogen and oxygen atoms in total. The van der Waals surface area contributed by atoms with E-state index in [1.54, 1.807) is 6.07 Å². The van der Waals surface area contributed by atoms with E-state index in [2.05, 4.69) is 34.7 Å². The van der Waals surface area contributed by atoms with Gasteiger partial charge in [0.25, 0.3) is 0 Å². The molecule has 0 unspecified atom stereocenters. The maximum Gasteiger partial charge on any atom is 0.340 e. The van der Waals surface area contributed by atoms with Crippen LogP contribution < -0.4 is 0 Å². The average molecular weight is 379 g/mol. The van der Waals surface area contributed by atoms with Gasteiger partial charge in [-0.3, -0.25) is 0 Å². The second-order valence-electron chi connectivity index (χ2n) is 5.63. The summed E-state index contributed by atoms with van der Waals surface area (Å²) in [5, 5.41) is 0. The Kier molecular flexibility index (Phi) is 11.3. The smallest absolute Gasteiger partial charge is 0.340 e. The molecule has 0 amide bonds. The number of unbranched alkanes of at least 4 members (excludes halogenated alkanes) is 8. The highest BCUT2D eigenvalue weighted by Crippen LogP contribution is 2.16. The number of rotatable bonds is 10. The molecule has 0 fully saturated rings. The van der Waals surface area contributed by atoms with Crippen molar-refractivity contribution in [1.82, 2.24) is 0 Å². The van der Waals surface area contributed by atoms with Crippen molar-refractivity contribution < 1.29 is 9.53 Å². The van der Waals surface area contributed by atoms with Crippen LogP contribution in [0.15, 0.2) is 28.7 Å². The monoisotopic (exact) mass is 378 g/mol. The highest BCUT2D eigenvalue weighted by Gasteiger charge is 2.09. The van der Waals surface area contributed by atoms with Crippen LogP contribution >= 0.6 is 15.9 Å². The van der Waals surface area contributed by atoms with Gasteiger partial charge in [-0.2, -0.15) is 0 Å². The lowest BCUT2D eigenvalue weighted by Crippen LogP contribution is -2.05. The van der Waals surface area contributed by atoms with E-state index in [-0.39, 0.29) is 12.6 Å². The molecule has 0 aliphatic carbocycles. The molecule has 0 aliphatic heterocycles. The minimum atomic E-state index is -0.334. The quantitative estimate of drug-likeness (QED) is 0.277. The van der Waals surface area contributed by atoms with E-state index in [0.717, 1.165) is 17.3 Å². The van der Waals surface area contributed by atoms with Gasteiger partial charge in [-0.05, 0) is 34.5 Å². The van der Waals surface area contributed by atoms with Crippen molar-refractivity contribution in [3.8, 4) is 11.8 Å². The first-order valence-electron chi connectivity index (χ1n) is 8.63. The largest absolute Gasteiger partial charge is 0.449 e. The SMILES string of the molecule is CCCCCCCCCCC#CCOC(=O)c1ccccc1Br. The Morgan fingerprint density at radius 2 is 1.65 bits per heavy atom. The highest BCUT2D eigenvalue weighted by molar-refractivity contribution is 9.10. The molecule has 0 aromatic heterocycles. The summed E-state index contributed by atoms with van der Waals surface area (Å²) in [6.07, 6.45) is 11.3. The van der Waals surface area contributed by atoms with Crippen LogP contribution in [0.25, 0.3) is 0 Å². The first-order chi connectivity index (χ1) is 11.3. The van der Waals surface area contributed by atoms with Crippen molar-refractivity contribution in [2.45, 2.75) is 64.7 Å². The maximum absolute atomic E-state index is 11.8. The molecule has 0 atom stereocenters. The minimum absolute atomic E-state index is 0.164. The number of carbonyl (C=O) groups excluding carboxylic acids is 1. The van der Waals surface area contributed by atoms with Crippen molar-refractivity contribution >= 4 is 21.9 Å². The van der Waals surface area contributed by atoms with Gasteiger partial charge in [0, 0.05) is 10.9 Å². The summed E-state index contributed by atoms with van der Waals surface area (Å²) in [7, 11) is 0. The Bertz CT molecular complexity index is 514. The van der Waals surface area contributed by atoms with Crippen LogP contribution in [0.4, 0.5) is 0 Å². The number of hydrogen-bond donors (Lipinski definition) is 0. The van der Waals surface area contributed by atoms with Crippen molar-refractivity contribution in [3.05, 3.63) is 34.3 Å². The number of hydrogen-bond acceptors (Lipinski definition) is 2. The molecule has 0 heterocycles. The lowest BCUT2D eigenvalue weighted by atomic mass is 10.1. The third kappa shape index (κ3) is 9.46. The number of halogens is 1. The van der Waals surface area contributed by atoms with E-state index < -0.39 is 0 Å². The summed E-state index contributed by atoms with van der Waals surface area (Å²) >= 11 is 3.34. The van der Waals surface area contributed by atoms with E-state index in [1.807, 2.05) is 18.2 Å². The molecule has 0 bridgehead atoms. The molecule has 1 aromatic carbocycles. The summed E-state index contributed by atoms with van der Waals surface area (Å²) < 4.78 is 5.90. The summed E-state index contributed by atoms with van der Waals surface area (Å²) in [6.45, 7) is 2.41. The van der Waals surface area contributed by atoms with Crippen LogP contribution in [0.5, 0.6) is 0 Å². The Balaban J connectivity index is 2.03. The number of benzene rings is 1. The topological polar surface area (TPSA) is 26.3 Å². The summed E-state index contributed by atoms with van der Waals surface area (Å²) in [5.74, 6) is 5.66. The molecule has 0 radical (unpaired) electrons. The summed E-state index contributed by atoms with van der Waals surface area (Å²) in [5.41, 5.74) is 0.539. The molecule has 0 saturated heterocycles. The highest BCUT2D eigenvalue weighted by atomic mass is 79.9. The van der Waals surface area contributed by atoms with E-state index in [9.17, 15) is 4.79 Å². The predicted molar refractivity (Wildman–Crippen MR) is 99.4 cm³/mol. The second kappa shape index (κ2) is 13.2. The molecular weight excluding hydrogens is 352 g/mol. The van der Waals surface area contributed by atoms with E-state index >= 15 is 0 Å². The number of esters is 1. The first-order valence-corrected chi connectivity index (χ1v) is 9.42. The fourth-order valence-electron chi connectivity index (χ4n) is 2.29. The Hall–Kier alpha value is -1.27. The zero-order valence-electron chi connectivity index (χ0n) is 14.1. The normalized spacial score (nSPS) is 10.0. The van der Waals surface area contributed by atoms with Crippen molar-refractivity contribution in [2.75, 3.05) is 6.61 Å². The van der Waals surface area contributed by atoms with E-state index in [1.165, 1.54) is 44.9 Å². The summed E-state index contributed by atoms with van der Waals surface area (Å²) in [6, 6.07) is 7.24. The van der Waals surface area contributed by atoms with Gasteiger partial charge in [0.05, 0.1) is 5.56 Å². The predicted octanol–water partition coefficient (Wildman–Crippen LogP) is 6.14. The van der Waals surface area contributed by atoms with Crippen LogP contribution in [0.3, 0.4) is 0 Å². The van der Waals surface area contributed by atoms with Gasteiger partial charge in [0.15, 0.2) is 6.61 Å². The lowest BCUT2D eigenvalue weighted by molar-refractivity contribution is 0.0555. The van der Waals surface area contributed by atoms with Crippen molar-refractivity contribution in [2.24, 2.45) is 0 Å². The van der Waals surface area contributed by atoms with E-state index in [0.29, 0.717) is 5.56 Å². The van der Waals surface area contributed by atoms with Crippen molar-refractivity contribution in [1.29, 1.82) is 0 Å². The van der Waals surface area contributed by atoms with Crippen LogP contribution in [0, 0.1) is 11.8 Å². The molecule has 3 heteroatoms. The maximum atomic E-state index is 11.8. The van der Waals surface area contributed by atoms with Gasteiger partial charge in [-0.25, -0.2) is 4.79 Å². The Morgan fingerprint density at radius 3 is 2.35 bits per heavy atom. The van der Waals surface area contributed by atoms with Gasteiger partial charge in [-0.1, -0.05) is 75.8 Å². The molecular formula is C20H27BrO2. The third-order valence-electron chi connectivity index (χ3n) is 3.65. The van der Waals surface area contributed by atoms with Crippen molar-refractivity contribution in [3.63, 3.8) is 0 Å². The van der Waals surface area contributed by atoms with Crippen LogP contribution in [-0.2, 0) is 4.74 Å². The molecule has 0 spiro atoms. The third-order valence-corrected chi connectivity index (χ3v) is 4.34. The molecule has 0 saturated carbocycles. The molecule has 0 N–H and O–H groups in total. The van der Waals surface area contributed by atoms with Gasteiger partial charge in [0.2, 0.25) is 0 Å². The summed E-state index contributed by atoms with van der Waals surface area (Å²) in [4.78, 5) is 11.8. The molecule has 0 aliphatic rings. The van der Waals surface area contributed by atoms with Gasteiger partial charge in [0.1, 0.15) is 0 Å². The molecule has 126 valence electrons. The van der Waals surface area contributed by atoms with E-state index in [4.69, 9.17) is 4.74 Å². The van der Waals surface area contributed by atoms with Crippen LogP contribution in [0.1, 0.15) is 75.1 Å². The van der Waals surface area contributed by atoms with Gasteiger partial charge < -0.3 is 4.74 Å². The Morgan fingerprint density at radius 1 is 1.00 bits per heavy atom. The first kappa shape index (κ1) is 19.8. The molecule has 23 heavy (non-hydrogen) atoms. The Labute approximate surface area is 149 Å². The zero-order valence-corrected chi connectivity index (χ0v) is 15.7. The van der Waals surface area contributed by atoms with Gasteiger partial charge in [-0.15, -0.1) is 0 Å². The molecule has 1 rings (SSSR count). The number of carbonyl (C=O) groups is 1. The zero-order chi connectivity index (χ0) is 16.8. The van der Waals surface area contributed by atoms with Crippen LogP contribution in [0.2, 0.25) is 0 Å². The standard InChI is InChI=1S/C20H27BrO2/c1-2-3-4-5-6-7-8-9-10-11-14-17-23-20(22)18-15-12-13-16-19(18)21/h12-13,15-16H,2-10,17H2,1H3. The lowest BCUT2D eigenvalue weighted by Gasteiger charge is -2.02. The molecule has 1 aromatic rings. The fraction of sp³-hybridized carbons (Fsp3) is 0.550. The minimum Gasteiger partial charge on any atom is -0.449 e. The van der Waals surface area contributed by atoms with Crippen LogP contribution in [-0.4, -0.2) is 12.6 Å². The second-order valence-corrected chi connectivity index (χ2v) is 6.49. The fourth-order valence-corrected chi connectivity index (χ4v) is 2.74. The van der Waals surface area contributed by atoms with Gasteiger partial charge >= 0.3 is 5.97 Å². The average Bonchev–Trinajstić information content (AvgIpc) is 2.56.